The fourth-order valence-corrected chi connectivity index (χ4v) is 1.21. The van der Waals surface area contributed by atoms with Gasteiger partial charge in [0.05, 0.1) is 6.54 Å². The van der Waals surface area contributed by atoms with Gasteiger partial charge in [0, 0.05) is 11.3 Å². The Balaban J connectivity index is 3.15. The molecular formula is C8H9ClF2N2. The van der Waals surface area contributed by atoms with E-state index in [0.717, 1.165) is 6.07 Å². The average Bonchev–Trinajstić information content (AvgIpc) is 2.02. The molecule has 0 aliphatic rings. The third-order valence-electron chi connectivity index (χ3n) is 1.60. The van der Waals surface area contributed by atoms with Gasteiger partial charge in [-0.15, -0.1) is 0 Å². The molecule has 0 saturated carbocycles. The maximum absolute atomic E-state index is 13.0. The number of hydrogen-bond donors (Lipinski definition) is 1. The molecule has 2 N–H and O–H groups in total. The van der Waals surface area contributed by atoms with Gasteiger partial charge in [0.2, 0.25) is 0 Å². The number of halogens is 3. The number of hydrogen-bond acceptors (Lipinski definition) is 2. The summed E-state index contributed by atoms with van der Waals surface area (Å²) in [6, 6.07) is 2.40. The second-order valence-electron chi connectivity index (χ2n) is 2.73. The number of alkyl halides is 2. The quantitative estimate of drug-likeness (QED) is 0.753. The van der Waals surface area contributed by atoms with Gasteiger partial charge in [0.25, 0.3) is 5.92 Å². The van der Waals surface area contributed by atoms with Crippen LogP contribution in [-0.4, -0.2) is 11.5 Å². The van der Waals surface area contributed by atoms with Crippen LogP contribution >= 0.6 is 11.6 Å². The van der Waals surface area contributed by atoms with Crippen LogP contribution in [0.4, 0.5) is 8.78 Å². The molecular weight excluding hydrogens is 198 g/mol. The van der Waals surface area contributed by atoms with E-state index in [9.17, 15) is 8.78 Å². The average molecular weight is 207 g/mol. The van der Waals surface area contributed by atoms with E-state index in [-0.39, 0.29) is 10.7 Å². The first-order valence-electron chi connectivity index (χ1n) is 3.68. The normalized spacial score (nSPS) is 11.8. The van der Waals surface area contributed by atoms with Crippen LogP contribution in [0.15, 0.2) is 12.1 Å². The van der Waals surface area contributed by atoms with Crippen LogP contribution in [0.5, 0.6) is 0 Å². The lowest BCUT2D eigenvalue weighted by Gasteiger charge is -2.14. The van der Waals surface area contributed by atoms with E-state index in [1.54, 1.807) is 6.92 Å². The summed E-state index contributed by atoms with van der Waals surface area (Å²) < 4.78 is 26.1. The van der Waals surface area contributed by atoms with Crippen LogP contribution < -0.4 is 5.73 Å². The van der Waals surface area contributed by atoms with Gasteiger partial charge in [-0.05, 0) is 19.1 Å². The fraction of sp³-hybridized carbons (Fsp3) is 0.375. The van der Waals surface area contributed by atoms with Crippen LogP contribution in [0.25, 0.3) is 0 Å². The molecule has 5 heteroatoms. The van der Waals surface area contributed by atoms with Crippen molar-refractivity contribution in [2.75, 3.05) is 6.54 Å². The number of aryl methyl sites for hydroxylation is 1. The highest BCUT2D eigenvalue weighted by molar-refractivity contribution is 6.29. The second kappa shape index (κ2) is 3.55. The first-order chi connectivity index (χ1) is 5.95. The third kappa shape index (κ3) is 2.35. The first-order valence-corrected chi connectivity index (χ1v) is 4.06. The molecule has 0 fully saturated rings. The number of nitrogens with zero attached hydrogens (tertiary/aromatic N) is 1. The lowest BCUT2D eigenvalue weighted by atomic mass is 10.1. The maximum Gasteiger partial charge on any atom is 0.285 e. The highest BCUT2D eigenvalue weighted by atomic mass is 35.5. The maximum atomic E-state index is 13.0. The van der Waals surface area contributed by atoms with Gasteiger partial charge in [0.15, 0.2) is 0 Å². The zero-order chi connectivity index (χ0) is 10.1. The zero-order valence-corrected chi connectivity index (χ0v) is 7.78. The molecule has 0 saturated heterocycles. The summed E-state index contributed by atoms with van der Waals surface area (Å²) in [6.07, 6.45) is 0. The summed E-state index contributed by atoms with van der Waals surface area (Å²) in [5.74, 6) is -3.03. The first kappa shape index (κ1) is 10.3. The van der Waals surface area contributed by atoms with Crippen LogP contribution in [-0.2, 0) is 5.92 Å². The Morgan fingerprint density at radius 1 is 1.54 bits per heavy atom. The van der Waals surface area contributed by atoms with Gasteiger partial charge >= 0.3 is 0 Å². The summed E-state index contributed by atoms with van der Waals surface area (Å²) >= 11 is 5.53. The molecule has 0 unspecified atom stereocenters. The Labute approximate surface area is 79.7 Å². The van der Waals surface area contributed by atoms with Gasteiger partial charge in [-0.25, -0.2) is 4.98 Å². The standard InChI is InChI=1S/C8H9ClF2N2/c1-5-2-6(3-7(9)13-5)8(10,11)4-12/h2-3H,4,12H2,1H3. The van der Waals surface area contributed by atoms with Crippen LogP contribution in [0, 0.1) is 6.92 Å². The summed E-state index contributed by atoms with van der Waals surface area (Å²) in [5, 5.41) is 0.0584. The Kier molecular flexibility index (Phi) is 2.83. The molecule has 1 rings (SSSR count). The van der Waals surface area contributed by atoms with Crippen molar-refractivity contribution in [1.82, 2.24) is 4.98 Å². The van der Waals surface area contributed by atoms with E-state index < -0.39 is 12.5 Å². The topological polar surface area (TPSA) is 38.9 Å². The van der Waals surface area contributed by atoms with Gasteiger partial charge < -0.3 is 5.73 Å². The van der Waals surface area contributed by atoms with E-state index in [1.165, 1.54) is 6.07 Å². The molecule has 0 aliphatic carbocycles. The van der Waals surface area contributed by atoms with Crippen molar-refractivity contribution in [3.63, 3.8) is 0 Å². The Morgan fingerprint density at radius 2 is 2.15 bits per heavy atom. The zero-order valence-electron chi connectivity index (χ0n) is 7.02. The van der Waals surface area contributed by atoms with Gasteiger partial charge in [-0.1, -0.05) is 11.6 Å². The molecule has 0 spiro atoms. The van der Waals surface area contributed by atoms with Crippen molar-refractivity contribution >= 4 is 11.6 Å². The third-order valence-corrected chi connectivity index (χ3v) is 1.79. The summed E-state index contributed by atoms with van der Waals surface area (Å²) in [5.41, 5.74) is 5.19. The predicted octanol–water partition coefficient (Wildman–Crippen LogP) is 2.09. The van der Waals surface area contributed by atoms with E-state index in [2.05, 4.69) is 4.98 Å². The van der Waals surface area contributed by atoms with E-state index in [0.29, 0.717) is 5.69 Å². The molecule has 0 bridgehead atoms. The Morgan fingerprint density at radius 3 is 2.62 bits per heavy atom. The number of nitrogens with two attached hydrogens (primary N) is 1. The predicted molar refractivity (Wildman–Crippen MR) is 46.9 cm³/mol. The number of pyridine rings is 1. The van der Waals surface area contributed by atoms with Crippen LogP contribution in [0.2, 0.25) is 5.15 Å². The fourth-order valence-electron chi connectivity index (χ4n) is 0.957. The van der Waals surface area contributed by atoms with E-state index in [4.69, 9.17) is 17.3 Å². The number of aromatic nitrogens is 1. The van der Waals surface area contributed by atoms with E-state index in [1.807, 2.05) is 0 Å². The van der Waals surface area contributed by atoms with Crippen molar-refractivity contribution in [2.45, 2.75) is 12.8 Å². The summed E-state index contributed by atoms with van der Waals surface area (Å²) in [6.45, 7) is 0.870. The Bertz CT molecular complexity index is 295. The molecule has 0 atom stereocenters. The monoisotopic (exact) mass is 206 g/mol. The minimum absolute atomic E-state index is 0.0584. The molecule has 72 valence electrons. The molecule has 0 aromatic carbocycles. The van der Waals surface area contributed by atoms with Crippen molar-refractivity contribution < 1.29 is 8.78 Å². The summed E-state index contributed by atoms with van der Waals surface area (Å²) in [4.78, 5) is 3.77. The molecule has 2 nitrogen and oxygen atoms in total. The molecule has 1 heterocycles. The van der Waals surface area contributed by atoms with Crippen LogP contribution in [0.3, 0.4) is 0 Å². The van der Waals surface area contributed by atoms with Gasteiger partial charge in [0.1, 0.15) is 5.15 Å². The highest BCUT2D eigenvalue weighted by Crippen LogP contribution is 2.28. The number of rotatable bonds is 2. The lowest BCUT2D eigenvalue weighted by molar-refractivity contribution is 0.00580. The molecule has 13 heavy (non-hydrogen) atoms. The summed E-state index contributed by atoms with van der Waals surface area (Å²) in [7, 11) is 0. The van der Waals surface area contributed by atoms with Gasteiger partial charge in [-0.3, -0.25) is 0 Å². The van der Waals surface area contributed by atoms with E-state index >= 15 is 0 Å². The minimum Gasteiger partial charge on any atom is -0.325 e. The molecule has 1 aromatic heterocycles. The van der Waals surface area contributed by atoms with Crippen molar-refractivity contribution in [2.24, 2.45) is 5.73 Å². The molecule has 1 aromatic rings. The smallest absolute Gasteiger partial charge is 0.285 e. The molecule has 0 radical (unpaired) electrons. The van der Waals surface area contributed by atoms with Crippen molar-refractivity contribution in [3.05, 3.63) is 28.5 Å². The largest absolute Gasteiger partial charge is 0.325 e. The lowest BCUT2D eigenvalue weighted by Crippen LogP contribution is -2.25. The Hall–Kier alpha value is -0.740. The SMILES string of the molecule is Cc1cc(C(F)(F)CN)cc(Cl)n1. The minimum atomic E-state index is -3.03. The molecule has 0 amide bonds. The van der Waals surface area contributed by atoms with Crippen LogP contribution in [0.1, 0.15) is 11.3 Å². The molecule has 0 aliphatic heterocycles. The van der Waals surface area contributed by atoms with Crippen molar-refractivity contribution in [3.8, 4) is 0 Å². The van der Waals surface area contributed by atoms with Gasteiger partial charge in [-0.2, -0.15) is 8.78 Å². The highest BCUT2D eigenvalue weighted by Gasteiger charge is 2.30. The second-order valence-corrected chi connectivity index (χ2v) is 3.12. The van der Waals surface area contributed by atoms with Crippen molar-refractivity contribution in [1.29, 1.82) is 0 Å².